The molecule has 2 aromatic rings. The number of hydrogen-bond acceptors (Lipinski definition) is 2. The molecule has 2 aromatic carbocycles. The lowest BCUT2D eigenvalue weighted by atomic mass is 10.1. The van der Waals surface area contributed by atoms with E-state index in [4.69, 9.17) is 11.6 Å². The normalized spacial score (nSPS) is 11.6. The van der Waals surface area contributed by atoms with E-state index in [9.17, 15) is 10.3 Å². The fraction of sp³-hybridized carbons (Fsp3) is 0.0714. The molecule has 3 nitrogen and oxygen atoms in total. The lowest BCUT2D eigenvalue weighted by Gasteiger charge is -2.06. The molecular weight excluding hydrogens is 250 g/mol. The van der Waals surface area contributed by atoms with Gasteiger partial charge in [0.05, 0.1) is 0 Å². The Morgan fingerprint density at radius 1 is 1.17 bits per heavy atom. The maximum atomic E-state index is 12.0. The lowest BCUT2D eigenvalue weighted by Crippen LogP contribution is -2.00. The summed E-state index contributed by atoms with van der Waals surface area (Å²) < 4.78 is 0.633. The van der Waals surface area contributed by atoms with E-state index in [2.05, 4.69) is 0 Å². The fourth-order valence-corrected chi connectivity index (χ4v) is 1.79. The zero-order chi connectivity index (χ0) is 13.1. The minimum Gasteiger partial charge on any atom is -0.618 e. The van der Waals surface area contributed by atoms with Gasteiger partial charge in [-0.3, -0.25) is 0 Å². The molecule has 0 unspecified atom stereocenters. The first-order valence-electron chi connectivity index (χ1n) is 5.44. The van der Waals surface area contributed by atoms with Gasteiger partial charge in [-0.2, -0.15) is 4.74 Å². The van der Waals surface area contributed by atoms with Gasteiger partial charge in [-0.25, -0.2) is 0 Å². The van der Waals surface area contributed by atoms with Gasteiger partial charge in [0, 0.05) is 16.7 Å². The minimum atomic E-state index is -0.0524. The number of hydrogen-bond donors (Lipinski definition) is 1. The van der Waals surface area contributed by atoms with Crippen molar-refractivity contribution in [3.63, 3.8) is 0 Å². The van der Waals surface area contributed by atoms with Crippen LogP contribution >= 0.6 is 11.6 Å². The Hall–Kier alpha value is -2.00. The van der Waals surface area contributed by atoms with Gasteiger partial charge < -0.3 is 10.3 Å². The highest BCUT2D eigenvalue weighted by atomic mass is 35.5. The van der Waals surface area contributed by atoms with E-state index in [0.29, 0.717) is 9.76 Å². The van der Waals surface area contributed by atoms with Crippen LogP contribution in [-0.4, -0.2) is 16.1 Å². The first-order chi connectivity index (χ1) is 8.59. The number of phenols is 1. The first-order valence-corrected chi connectivity index (χ1v) is 5.81. The molecule has 0 fully saturated rings. The molecule has 0 spiro atoms. The van der Waals surface area contributed by atoms with Crippen molar-refractivity contribution in [2.75, 3.05) is 0 Å². The van der Waals surface area contributed by atoms with Crippen molar-refractivity contribution < 1.29 is 9.85 Å². The van der Waals surface area contributed by atoms with Crippen molar-refractivity contribution in [2.45, 2.75) is 6.92 Å². The summed E-state index contributed by atoms with van der Waals surface area (Å²) in [5.41, 5.74) is 1.76. The number of phenolic OH excluding ortho intramolecular Hbond substituents is 1. The second kappa shape index (κ2) is 5.10. The van der Waals surface area contributed by atoms with E-state index in [0.717, 1.165) is 11.1 Å². The van der Waals surface area contributed by atoms with Crippen molar-refractivity contribution in [3.05, 3.63) is 63.8 Å². The Kier molecular flexibility index (Phi) is 3.53. The molecule has 0 amide bonds. The van der Waals surface area contributed by atoms with Crippen molar-refractivity contribution in [1.82, 2.24) is 0 Å². The van der Waals surface area contributed by atoms with E-state index in [-0.39, 0.29) is 11.4 Å². The Labute approximate surface area is 110 Å². The molecule has 0 aliphatic heterocycles. The monoisotopic (exact) mass is 261 g/mol. The number of nitrogens with zero attached hydrogens (tertiary/aromatic N) is 1. The summed E-state index contributed by atoms with van der Waals surface area (Å²) in [7, 11) is 0. The largest absolute Gasteiger partial charge is 0.618 e. The maximum absolute atomic E-state index is 12.0. The van der Waals surface area contributed by atoms with E-state index in [1.165, 1.54) is 12.3 Å². The molecule has 18 heavy (non-hydrogen) atoms. The van der Waals surface area contributed by atoms with Crippen LogP contribution in [0.15, 0.2) is 42.5 Å². The zero-order valence-corrected chi connectivity index (χ0v) is 10.6. The topological polar surface area (TPSA) is 46.3 Å². The third-order valence-corrected chi connectivity index (χ3v) is 3.09. The molecule has 0 bridgehead atoms. The SMILES string of the molecule is Cc1c(Cl)cccc1C=[N+]([O-])c1ccccc1O. The summed E-state index contributed by atoms with van der Waals surface area (Å²) in [5, 5.41) is 22.2. The number of halogens is 1. The molecule has 0 heterocycles. The highest BCUT2D eigenvalue weighted by molar-refractivity contribution is 6.31. The Bertz CT molecular complexity index is 608. The van der Waals surface area contributed by atoms with Crippen LogP contribution in [0.1, 0.15) is 11.1 Å². The van der Waals surface area contributed by atoms with Crippen LogP contribution in [-0.2, 0) is 0 Å². The van der Waals surface area contributed by atoms with Gasteiger partial charge in [-0.15, -0.1) is 0 Å². The third kappa shape index (κ3) is 2.46. The molecule has 0 saturated carbocycles. The van der Waals surface area contributed by atoms with E-state index >= 15 is 0 Å². The molecule has 0 atom stereocenters. The summed E-state index contributed by atoms with van der Waals surface area (Å²) in [4.78, 5) is 0. The minimum absolute atomic E-state index is 0.0524. The fourth-order valence-electron chi connectivity index (χ4n) is 1.61. The molecule has 92 valence electrons. The molecule has 0 radical (unpaired) electrons. The third-order valence-electron chi connectivity index (χ3n) is 2.69. The molecule has 2 rings (SSSR count). The smallest absolute Gasteiger partial charge is 0.258 e. The van der Waals surface area contributed by atoms with Crippen LogP contribution in [0.2, 0.25) is 5.02 Å². The quantitative estimate of drug-likeness (QED) is 0.388. The molecule has 0 saturated heterocycles. The maximum Gasteiger partial charge on any atom is 0.258 e. The summed E-state index contributed by atoms with van der Waals surface area (Å²) in [6.45, 7) is 1.84. The van der Waals surface area contributed by atoms with E-state index in [1.807, 2.05) is 6.92 Å². The average molecular weight is 262 g/mol. The predicted octanol–water partition coefficient (Wildman–Crippen LogP) is 3.61. The summed E-state index contributed by atoms with van der Waals surface area (Å²) >= 11 is 5.98. The van der Waals surface area contributed by atoms with Crippen LogP contribution in [0.25, 0.3) is 0 Å². The Morgan fingerprint density at radius 3 is 2.61 bits per heavy atom. The standard InChI is InChI=1S/C14H12ClNO2/c1-10-11(5-4-6-12(10)15)9-16(18)13-7-2-3-8-14(13)17/h2-9,17H,1H3. The van der Waals surface area contributed by atoms with Crippen LogP contribution in [0.3, 0.4) is 0 Å². The van der Waals surface area contributed by atoms with Gasteiger partial charge in [0.15, 0.2) is 12.0 Å². The lowest BCUT2D eigenvalue weighted by molar-refractivity contribution is -0.355. The van der Waals surface area contributed by atoms with Crippen molar-refractivity contribution in [3.8, 4) is 5.75 Å². The second-order valence-corrected chi connectivity index (χ2v) is 4.30. The zero-order valence-electron chi connectivity index (χ0n) is 9.80. The molecule has 0 aliphatic rings. The van der Waals surface area contributed by atoms with Crippen LogP contribution in [0, 0.1) is 12.1 Å². The van der Waals surface area contributed by atoms with Gasteiger partial charge in [0.25, 0.3) is 5.69 Å². The van der Waals surface area contributed by atoms with E-state index < -0.39 is 0 Å². The first kappa shape index (κ1) is 12.5. The Balaban J connectivity index is 2.45. The van der Waals surface area contributed by atoms with Crippen LogP contribution in [0.4, 0.5) is 5.69 Å². The van der Waals surface area contributed by atoms with Crippen molar-refractivity contribution in [2.24, 2.45) is 0 Å². The highest BCUT2D eigenvalue weighted by Crippen LogP contribution is 2.24. The Morgan fingerprint density at radius 2 is 1.89 bits per heavy atom. The number of para-hydroxylation sites is 2. The number of benzene rings is 2. The summed E-state index contributed by atoms with van der Waals surface area (Å²) in [6.07, 6.45) is 1.40. The summed E-state index contributed by atoms with van der Waals surface area (Å²) in [5.74, 6) is -0.0524. The molecule has 0 aliphatic carbocycles. The van der Waals surface area contributed by atoms with Gasteiger partial charge >= 0.3 is 0 Å². The highest BCUT2D eigenvalue weighted by Gasteiger charge is 2.09. The van der Waals surface area contributed by atoms with E-state index in [1.54, 1.807) is 36.4 Å². The molecule has 1 N–H and O–H groups in total. The van der Waals surface area contributed by atoms with Gasteiger partial charge in [0.1, 0.15) is 0 Å². The number of rotatable bonds is 2. The molecule has 0 aromatic heterocycles. The van der Waals surface area contributed by atoms with Gasteiger partial charge in [0.2, 0.25) is 0 Å². The summed E-state index contributed by atoms with van der Waals surface area (Å²) in [6, 6.07) is 11.7. The number of aromatic hydroxyl groups is 1. The van der Waals surface area contributed by atoms with Gasteiger partial charge in [-0.1, -0.05) is 29.8 Å². The van der Waals surface area contributed by atoms with Crippen LogP contribution < -0.4 is 0 Å². The van der Waals surface area contributed by atoms with Crippen molar-refractivity contribution >= 4 is 23.5 Å². The second-order valence-electron chi connectivity index (χ2n) is 3.90. The molecular formula is C14H12ClNO2. The molecule has 4 heteroatoms. The van der Waals surface area contributed by atoms with Gasteiger partial charge in [-0.05, 0) is 30.7 Å². The van der Waals surface area contributed by atoms with Crippen LogP contribution in [0.5, 0.6) is 5.75 Å². The van der Waals surface area contributed by atoms with Crippen molar-refractivity contribution in [1.29, 1.82) is 0 Å². The average Bonchev–Trinajstić information content (AvgIpc) is 2.35. The predicted molar refractivity (Wildman–Crippen MR) is 72.7 cm³/mol.